The summed E-state index contributed by atoms with van der Waals surface area (Å²) in [5.41, 5.74) is 2.14. The summed E-state index contributed by atoms with van der Waals surface area (Å²) in [6.07, 6.45) is 1.60. The highest BCUT2D eigenvalue weighted by Gasteiger charge is 2.14. The molecule has 2 N–H and O–H groups in total. The van der Waals surface area contributed by atoms with Crippen LogP contribution < -0.4 is 5.14 Å². The molecule has 96 valence electrons. The van der Waals surface area contributed by atoms with Crippen LogP contribution in [0.15, 0.2) is 64.1 Å². The average molecular weight is 273 g/mol. The van der Waals surface area contributed by atoms with Gasteiger partial charge in [-0.15, -0.1) is 0 Å². The zero-order valence-electron chi connectivity index (χ0n) is 9.91. The highest BCUT2D eigenvalue weighted by molar-refractivity contribution is 7.89. The van der Waals surface area contributed by atoms with Crippen molar-refractivity contribution < 1.29 is 12.8 Å². The van der Waals surface area contributed by atoms with Crippen molar-refractivity contribution in [1.29, 1.82) is 0 Å². The summed E-state index contributed by atoms with van der Waals surface area (Å²) in [6, 6.07) is 14.0. The van der Waals surface area contributed by atoms with Crippen molar-refractivity contribution >= 4 is 21.0 Å². The Morgan fingerprint density at radius 1 is 1.00 bits per heavy atom. The third kappa shape index (κ3) is 2.14. The Kier molecular flexibility index (Phi) is 2.66. The van der Waals surface area contributed by atoms with E-state index in [4.69, 9.17) is 9.56 Å². The van der Waals surface area contributed by atoms with Gasteiger partial charge in [-0.2, -0.15) is 0 Å². The maximum Gasteiger partial charge on any atom is 0.238 e. The van der Waals surface area contributed by atoms with Crippen LogP contribution in [0.4, 0.5) is 0 Å². The number of hydrogen-bond donors (Lipinski definition) is 1. The third-order valence-corrected chi connectivity index (χ3v) is 3.93. The van der Waals surface area contributed by atoms with Gasteiger partial charge >= 0.3 is 0 Å². The van der Waals surface area contributed by atoms with Gasteiger partial charge in [-0.1, -0.05) is 24.3 Å². The molecule has 0 bridgehead atoms. The molecule has 3 rings (SSSR count). The van der Waals surface area contributed by atoms with Gasteiger partial charge in [-0.3, -0.25) is 0 Å². The molecule has 2 aromatic carbocycles. The van der Waals surface area contributed by atoms with E-state index in [1.165, 1.54) is 6.07 Å². The summed E-state index contributed by atoms with van der Waals surface area (Å²) >= 11 is 0. The molecule has 0 spiro atoms. The topological polar surface area (TPSA) is 73.3 Å². The Morgan fingerprint density at radius 2 is 1.79 bits per heavy atom. The van der Waals surface area contributed by atoms with E-state index in [2.05, 4.69) is 0 Å². The molecule has 0 aliphatic rings. The quantitative estimate of drug-likeness (QED) is 0.780. The summed E-state index contributed by atoms with van der Waals surface area (Å²) in [7, 11) is -3.74. The lowest BCUT2D eigenvalue weighted by atomic mass is 10.0. The minimum Gasteiger partial charge on any atom is -0.464 e. The van der Waals surface area contributed by atoms with Gasteiger partial charge in [0.1, 0.15) is 5.58 Å². The van der Waals surface area contributed by atoms with Crippen LogP contribution in [0, 0.1) is 0 Å². The molecular formula is C14H11NO3S. The molecule has 0 fully saturated rings. The molecular weight excluding hydrogens is 262 g/mol. The van der Waals surface area contributed by atoms with Crippen molar-refractivity contribution in [3.8, 4) is 11.1 Å². The maximum absolute atomic E-state index is 11.6. The van der Waals surface area contributed by atoms with Crippen molar-refractivity contribution in [2.45, 2.75) is 4.90 Å². The number of nitrogens with two attached hydrogens (primary N) is 1. The van der Waals surface area contributed by atoms with Gasteiger partial charge in [0.25, 0.3) is 0 Å². The molecule has 0 aliphatic heterocycles. The Balaban J connectivity index is 2.27. The molecule has 0 saturated heterocycles. The van der Waals surface area contributed by atoms with E-state index in [-0.39, 0.29) is 4.90 Å². The first-order valence-corrected chi connectivity index (χ1v) is 7.20. The van der Waals surface area contributed by atoms with Gasteiger partial charge < -0.3 is 4.42 Å². The highest BCUT2D eigenvalue weighted by atomic mass is 32.2. The molecule has 0 radical (unpaired) electrons. The van der Waals surface area contributed by atoms with Gasteiger partial charge in [0.15, 0.2) is 0 Å². The Labute approximate surface area is 110 Å². The van der Waals surface area contributed by atoms with E-state index in [0.717, 1.165) is 16.5 Å². The molecule has 4 nitrogen and oxygen atoms in total. The van der Waals surface area contributed by atoms with E-state index < -0.39 is 10.0 Å². The van der Waals surface area contributed by atoms with Crippen molar-refractivity contribution in [1.82, 2.24) is 0 Å². The van der Waals surface area contributed by atoms with Crippen LogP contribution >= 0.6 is 0 Å². The molecule has 0 saturated carbocycles. The van der Waals surface area contributed by atoms with Crippen molar-refractivity contribution in [3.05, 3.63) is 54.8 Å². The Bertz CT molecular complexity index is 850. The minimum atomic E-state index is -3.74. The first kappa shape index (κ1) is 12.0. The Morgan fingerprint density at radius 3 is 2.58 bits per heavy atom. The van der Waals surface area contributed by atoms with Crippen LogP contribution in [0.25, 0.3) is 22.1 Å². The smallest absolute Gasteiger partial charge is 0.238 e. The van der Waals surface area contributed by atoms with E-state index in [9.17, 15) is 8.42 Å². The van der Waals surface area contributed by atoms with Gasteiger partial charge in [0, 0.05) is 10.9 Å². The molecule has 1 aromatic heterocycles. The molecule has 0 atom stereocenters. The van der Waals surface area contributed by atoms with Crippen LogP contribution in [0.3, 0.4) is 0 Å². The summed E-state index contributed by atoms with van der Waals surface area (Å²) in [4.78, 5) is 0.123. The van der Waals surface area contributed by atoms with E-state index >= 15 is 0 Å². The Hall–Kier alpha value is -2.11. The first-order chi connectivity index (χ1) is 9.05. The van der Waals surface area contributed by atoms with Crippen molar-refractivity contribution in [3.63, 3.8) is 0 Å². The molecule has 1 heterocycles. The van der Waals surface area contributed by atoms with Gasteiger partial charge in [0.05, 0.1) is 11.2 Å². The molecule has 0 unspecified atom stereocenters. The average Bonchev–Trinajstić information content (AvgIpc) is 2.85. The second kappa shape index (κ2) is 4.22. The highest BCUT2D eigenvalue weighted by Crippen LogP contribution is 2.29. The van der Waals surface area contributed by atoms with E-state index in [1.54, 1.807) is 24.5 Å². The normalized spacial score (nSPS) is 11.8. The lowest BCUT2D eigenvalue weighted by Gasteiger charge is -2.07. The predicted octanol–water partition coefficient (Wildman–Crippen LogP) is 2.75. The SMILES string of the molecule is NS(=O)(=O)c1ccccc1-c1ccc2occc2c1. The van der Waals surface area contributed by atoms with E-state index in [1.807, 2.05) is 24.3 Å². The summed E-state index contributed by atoms with van der Waals surface area (Å²) < 4.78 is 28.5. The summed E-state index contributed by atoms with van der Waals surface area (Å²) in [6.45, 7) is 0. The lowest BCUT2D eigenvalue weighted by Crippen LogP contribution is -2.13. The molecule has 3 aromatic rings. The second-order valence-electron chi connectivity index (χ2n) is 4.21. The van der Waals surface area contributed by atoms with Crippen LogP contribution in [-0.2, 0) is 10.0 Å². The predicted molar refractivity (Wildman–Crippen MR) is 73.0 cm³/mol. The number of fused-ring (bicyclic) bond motifs is 1. The largest absolute Gasteiger partial charge is 0.464 e. The number of hydrogen-bond acceptors (Lipinski definition) is 3. The minimum absolute atomic E-state index is 0.123. The first-order valence-electron chi connectivity index (χ1n) is 5.65. The van der Waals surface area contributed by atoms with Gasteiger partial charge in [0.2, 0.25) is 10.0 Å². The monoisotopic (exact) mass is 273 g/mol. The summed E-state index contributed by atoms with van der Waals surface area (Å²) in [5, 5.41) is 6.16. The number of furan rings is 1. The lowest BCUT2D eigenvalue weighted by molar-refractivity contribution is 0.598. The number of primary sulfonamides is 1. The standard InChI is InChI=1S/C14H11NO3S/c15-19(16,17)14-4-2-1-3-12(14)10-5-6-13-11(9-10)7-8-18-13/h1-9H,(H2,15,16,17). The molecule has 0 amide bonds. The maximum atomic E-state index is 11.6. The van der Waals surface area contributed by atoms with Crippen LogP contribution in [-0.4, -0.2) is 8.42 Å². The van der Waals surface area contributed by atoms with E-state index in [0.29, 0.717) is 5.56 Å². The molecule has 5 heteroatoms. The van der Waals surface area contributed by atoms with Crippen LogP contribution in [0.5, 0.6) is 0 Å². The van der Waals surface area contributed by atoms with Gasteiger partial charge in [-0.05, 0) is 29.8 Å². The number of sulfonamides is 1. The fraction of sp³-hybridized carbons (Fsp3) is 0. The fourth-order valence-corrected chi connectivity index (χ4v) is 2.85. The van der Waals surface area contributed by atoms with Crippen LogP contribution in [0.1, 0.15) is 0 Å². The second-order valence-corrected chi connectivity index (χ2v) is 5.74. The zero-order chi connectivity index (χ0) is 13.5. The van der Waals surface area contributed by atoms with Crippen LogP contribution in [0.2, 0.25) is 0 Å². The van der Waals surface area contributed by atoms with Gasteiger partial charge in [-0.25, -0.2) is 13.6 Å². The molecule has 19 heavy (non-hydrogen) atoms. The van der Waals surface area contributed by atoms with Crippen molar-refractivity contribution in [2.75, 3.05) is 0 Å². The zero-order valence-corrected chi connectivity index (χ0v) is 10.7. The number of benzene rings is 2. The van der Waals surface area contributed by atoms with Crippen molar-refractivity contribution in [2.24, 2.45) is 5.14 Å². The number of rotatable bonds is 2. The fourth-order valence-electron chi connectivity index (χ4n) is 2.09. The molecule has 0 aliphatic carbocycles. The third-order valence-electron chi connectivity index (χ3n) is 2.96. The summed E-state index contributed by atoms with van der Waals surface area (Å²) in [5.74, 6) is 0.